The molecule has 0 aliphatic carbocycles. The Morgan fingerprint density at radius 1 is 1.11 bits per heavy atom. The summed E-state index contributed by atoms with van der Waals surface area (Å²) in [5, 5.41) is 17.5. The SMILES string of the molecule is C[C@H]1[C@H]([Si](C)(C)F)[C@@H](CCn2cc(CCO)nn2)O[C@]12C(=O)N(Cc1ccc(N(C=O)c3ccccc3)cc1)c1ccc(Br)cc12. The molecule has 0 unspecified atom stereocenters. The van der Waals surface area contributed by atoms with Gasteiger partial charge in [0.2, 0.25) is 14.8 Å². The summed E-state index contributed by atoms with van der Waals surface area (Å²) in [4.78, 5) is 29.9. The van der Waals surface area contributed by atoms with Crippen LogP contribution in [0.25, 0.3) is 0 Å². The van der Waals surface area contributed by atoms with Crippen molar-refractivity contribution in [3.8, 4) is 0 Å². The van der Waals surface area contributed by atoms with Crippen LogP contribution >= 0.6 is 15.9 Å². The molecule has 1 N–H and O–H groups in total. The summed E-state index contributed by atoms with van der Waals surface area (Å²) >= 11 is 3.60. The summed E-state index contributed by atoms with van der Waals surface area (Å²) in [7, 11) is -3.32. The van der Waals surface area contributed by atoms with Crippen LogP contribution in [-0.4, -0.2) is 53.5 Å². The maximum absolute atomic E-state index is 16.2. The van der Waals surface area contributed by atoms with Gasteiger partial charge in [0.25, 0.3) is 5.91 Å². The Kier molecular flexibility index (Phi) is 8.99. The van der Waals surface area contributed by atoms with Crippen LogP contribution in [0, 0.1) is 5.92 Å². The predicted molar refractivity (Wildman–Crippen MR) is 180 cm³/mol. The maximum Gasteiger partial charge on any atom is 0.264 e. The Labute approximate surface area is 277 Å². The molecule has 0 bridgehead atoms. The zero-order valence-electron chi connectivity index (χ0n) is 26.0. The van der Waals surface area contributed by atoms with E-state index in [1.165, 1.54) is 0 Å². The van der Waals surface area contributed by atoms with Crippen LogP contribution in [-0.2, 0) is 39.4 Å². The molecule has 2 aliphatic rings. The van der Waals surface area contributed by atoms with E-state index in [9.17, 15) is 14.7 Å². The number of aliphatic hydroxyl groups is 1. The van der Waals surface area contributed by atoms with Crippen molar-refractivity contribution < 1.29 is 23.5 Å². The third-order valence-corrected chi connectivity index (χ3v) is 12.2. The number of carbonyl (C=O) groups excluding carboxylic acids is 2. The Hall–Kier alpha value is -3.71. The Morgan fingerprint density at radius 2 is 1.83 bits per heavy atom. The molecule has 1 spiro atoms. The zero-order chi connectivity index (χ0) is 32.6. The number of aliphatic hydroxyl groups excluding tert-OH is 1. The summed E-state index contributed by atoms with van der Waals surface area (Å²) in [6, 6.07) is 22.7. The number of aryl methyl sites for hydroxylation is 1. The second-order valence-electron chi connectivity index (χ2n) is 12.5. The van der Waals surface area contributed by atoms with Crippen LogP contribution in [0.2, 0.25) is 18.6 Å². The highest BCUT2D eigenvalue weighted by atomic mass is 79.9. The summed E-state index contributed by atoms with van der Waals surface area (Å²) < 4.78 is 25.5. The number of para-hydroxylation sites is 1. The fourth-order valence-electron chi connectivity index (χ4n) is 7.19. The molecule has 1 aromatic heterocycles. The van der Waals surface area contributed by atoms with Crippen molar-refractivity contribution in [2.75, 3.05) is 16.4 Å². The van der Waals surface area contributed by atoms with Crippen molar-refractivity contribution in [1.29, 1.82) is 0 Å². The fraction of sp³-hybridized carbons (Fsp3) is 0.353. The molecule has 240 valence electrons. The van der Waals surface area contributed by atoms with E-state index in [-0.39, 0.29) is 19.1 Å². The van der Waals surface area contributed by atoms with Gasteiger partial charge in [-0.25, -0.2) is 0 Å². The van der Waals surface area contributed by atoms with Gasteiger partial charge < -0.3 is 18.9 Å². The number of hydrogen-bond acceptors (Lipinski definition) is 6. The number of halogens is 2. The molecule has 4 aromatic rings. The van der Waals surface area contributed by atoms with Crippen LogP contribution < -0.4 is 9.80 Å². The number of fused-ring (bicyclic) bond motifs is 2. The smallest absolute Gasteiger partial charge is 0.264 e. The summed E-state index contributed by atoms with van der Waals surface area (Å²) in [6.07, 6.45) is 2.94. The zero-order valence-corrected chi connectivity index (χ0v) is 28.6. The molecule has 1 fully saturated rings. The minimum atomic E-state index is -3.32. The van der Waals surface area contributed by atoms with Gasteiger partial charge in [0.05, 0.1) is 24.0 Å². The first kappa shape index (κ1) is 32.2. The van der Waals surface area contributed by atoms with Gasteiger partial charge in [-0.15, -0.1) is 5.10 Å². The number of nitrogens with zero attached hydrogens (tertiary/aromatic N) is 5. The largest absolute Gasteiger partial charge is 0.396 e. The van der Waals surface area contributed by atoms with Gasteiger partial charge in [-0.2, -0.15) is 0 Å². The second-order valence-corrected chi connectivity index (χ2v) is 17.2. The fourth-order valence-corrected chi connectivity index (χ4v) is 10.1. The van der Waals surface area contributed by atoms with Crippen molar-refractivity contribution >= 4 is 53.7 Å². The van der Waals surface area contributed by atoms with Crippen LogP contribution in [0.5, 0.6) is 0 Å². The predicted octanol–water partition coefficient (Wildman–Crippen LogP) is 6.28. The molecule has 3 aromatic carbocycles. The van der Waals surface area contributed by atoms with Crippen molar-refractivity contribution in [3.63, 3.8) is 0 Å². The maximum atomic E-state index is 16.2. The molecule has 2 amide bonds. The van der Waals surface area contributed by atoms with E-state index in [1.54, 1.807) is 33.8 Å². The first-order chi connectivity index (χ1) is 22.1. The molecule has 1 saturated heterocycles. The Morgan fingerprint density at radius 3 is 2.50 bits per heavy atom. The molecule has 0 radical (unpaired) electrons. The highest BCUT2D eigenvalue weighted by molar-refractivity contribution is 9.10. The van der Waals surface area contributed by atoms with Gasteiger partial charge in [0.15, 0.2) is 5.60 Å². The third kappa shape index (κ3) is 5.83. The lowest BCUT2D eigenvalue weighted by atomic mass is 9.82. The first-order valence-electron chi connectivity index (χ1n) is 15.4. The number of benzene rings is 3. The molecule has 2 aliphatic heterocycles. The van der Waals surface area contributed by atoms with Crippen LogP contribution in [0.4, 0.5) is 21.2 Å². The molecule has 3 heterocycles. The van der Waals surface area contributed by atoms with Crippen molar-refractivity contribution in [1.82, 2.24) is 15.0 Å². The van der Waals surface area contributed by atoms with Crippen molar-refractivity contribution in [3.05, 3.63) is 100 Å². The molecule has 4 atom stereocenters. The number of aromatic nitrogens is 3. The number of hydrogen-bond donors (Lipinski definition) is 1. The van der Waals surface area contributed by atoms with E-state index >= 15 is 4.11 Å². The number of ether oxygens (including phenoxy) is 1. The van der Waals surface area contributed by atoms with E-state index in [0.717, 1.165) is 33.4 Å². The summed E-state index contributed by atoms with van der Waals surface area (Å²) in [5.74, 6) is -0.613. The summed E-state index contributed by atoms with van der Waals surface area (Å²) in [5.41, 5.74) is 2.74. The van der Waals surface area contributed by atoms with Crippen LogP contribution in [0.1, 0.15) is 30.2 Å². The molecule has 46 heavy (non-hydrogen) atoms. The first-order valence-corrected chi connectivity index (χ1v) is 19.2. The van der Waals surface area contributed by atoms with E-state index in [1.807, 2.05) is 79.7 Å². The van der Waals surface area contributed by atoms with Crippen molar-refractivity contribution in [2.45, 2.75) is 63.2 Å². The van der Waals surface area contributed by atoms with Gasteiger partial charge >= 0.3 is 0 Å². The monoisotopic (exact) mass is 705 g/mol. The van der Waals surface area contributed by atoms with Crippen LogP contribution in [0.15, 0.2) is 83.5 Å². The van der Waals surface area contributed by atoms with Crippen molar-refractivity contribution in [2.24, 2.45) is 5.92 Å². The molecular formula is C34H37BrFN5O4Si. The van der Waals surface area contributed by atoms with E-state index in [0.29, 0.717) is 30.8 Å². The standard InChI is InChI=1S/C34H37BrFN5O4Si/c1-23-32(46(2,3)36)31(15-17-39-21-26(16-18-42)37-38-39)45-34(23)29-19-25(35)11-14-30(29)40(33(34)44)20-24-9-12-28(13-10-24)41(22-43)27-7-5-4-6-8-27/h4-14,19,21-23,31-32,42H,15-18,20H2,1-3H3/t23-,31+,32-,34+/m0/s1. The van der Waals surface area contributed by atoms with Gasteiger partial charge in [0, 0.05) is 58.6 Å². The third-order valence-electron chi connectivity index (χ3n) is 9.21. The van der Waals surface area contributed by atoms with Gasteiger partial charge in [0.1, 0.15) is 0 Å². The van der Waals surface area contributed by atoms with Gasteiger partial charge in [-0.3, -0.25) is 19.2 Å². The van der Waals surface area contributed by atoms with E-state index < -0.39 is 31.6 Å². The van der Waals surface area contributed by atoms with E-state index in [2.05, 4.69) is 26.2 Å². The normalized spacial score (nSPS) is 22.4. The molecule has 12 heteroatoms. The highest BCUT2D eigenvalue weighted by Crippen LogP contribution is 2.60. The second kappa shape index (κ2) is 12.8. The lowest BCUT2D eigenvalue weighted by molar-refractivity contribution is -0.146. The topological polar surface area (TPSA) is 101 Å². The lowest BCUT2D eigenvalue weighted by Gasteiger charge is -2.31. The average Bonchev–Trinajstić information content (AvgIpc) is 3.68. The highest BCUT2D eigenvalue weighted by Gasteiger charge is 2.66. The molecule has 0 saturated carbocycles. The van der Waals surface area contributed by atoms with Crippen LogP contribution in [0.3, 0.4) is 0 Å². The quantitative estimate of drug-likeness (QED) is 0.112. The number of rotatable bonds is 11. The minimum Gasteiger partial charge on any atom is -0.396 e. The Bertz CT molecular complexity index is 1720. The summed E-state index contributed by atoms with van der Waals surface area (Å²) in [6.45, 7) is 6.05. The molecule has 6 rings (SSSR count). The lowest BCUT2D eigenvalue weighted by Crippen LogP contribution is -2.45. The van der Waals surface area contributed by atoms with Gasteiger partial charge in [-0.05, 0) is 67.5 Å². The number of amides is 2. The number of carbonyl (C=O) groups is 2. The molecule has 9 nitrogen and oxygen atoms in total. The average molecular weight is 707 g/mol. The molecular weight excluding hydrogens is 669 g/mol. The minimum absolute atomic E-state index is 0.0171. The Balaban J connectivity index is 1.30. The van der Waals surface area contributed by atoms with E-state index in [4.69, 9.17) is 4.74 Å². The number of anilines is 3. The van der Waals surface area contributed by atoms with Gasteiger partial charge in [-0.1, -0.05) is 58.4 Å².